The van der Waals surface area contributed by atoms with Gasteiger partial charge in [0.25, 0.3) is 0 Å². The molecule has 0 radical (unpaired) electrons. The fourth-order valence-electron chi connectivity index (χ4n) is 1.01. The third-order valence-electron chi connectivity index (χ3n) is 1.81. The third-order valence-corrected chi connectivity index (χ3v) is 2.72. The van der Waals surface area contributed by atoms with Crippen LogP contribution in [0.25, 0.3) is 0 Å². The number of nitrogens with one attached hydrogen (secondary N) is 1. The number of hydrogen-bond donors (Lipinski definition) is 3. The Kier molecular flexibility index (Phi) is 6.77. The summed E-state index contributed by atoms with van der Waals surface area (Å²) < 4.78 is 0. The lowest BCUT2D eigenvalue weighted by atomic mass is 10.1. The quantitative estimate of drug-likeness (QED) is 0.568. The summed E-state index contributed by atoms with van der Waals surface area (Å²) in [6.07, 6.45) is 2.41. The Morgan fingerprint density at radius 2 is 2.15 bits per heavy atom. The highest BCUT2D eigenvalue weighted by Crippen LogP contribution is 2.08. The molecule has 0 aliphatic carbocycles. The van der Waals surface area contributed by atoms with Crippen molar-refractivity contribution >= 4 is 11.8 Å². The van der Waals surface area contributed by atoms with Crippen LogP contribution in [-0.4, -0.2) is 47.0 Å². The van der Waals surface area contributed by atoms with Crippen LogP contribution >= 0.6 is 11.8 Å². The Morgan fingerprint density at radius 3 is 2.62 bits per heavy atom. The van der Waals surface area contributed by atoms with E-state index < -0.39 is 5.60 Å². The van der Waals surface area contributed by atoms with Gasteiger partial charge in [-0.25, -0.2) is 0 Å². The first kappa shape index (κ1) is 13.2. The molecule has 0 amide bonds. The monoisotopic (exact) mass is 207 g/mol. The lowest BCUT2D eigenvalue weighted by molar-refractivity contribution is 0.0783. The van der Waals surface area contributed by atoms with Gasteiger partial charge in [-0.05, 0) is 19.6 Å². The summed E-state index contributed by atoms with van der Waals surface area (Å²) >= 11 is 1.62. The molecule has 0 saturated heterocycles. The highest BCUT2D eigenvalue weighted by molar-refractivity contribution is 7.98. The van der Waals surface area contributed by atoms with Crippen LogP contribution in [0.3, 0.4) is 0 Å². The summed E-state index contributed by atoms with van der Waals surface area (Å²) in [5.41, 5.74) is -0.674. The van der Waals surface area contributed by atoms with Crippen LogP contribution in [0.1, 0.15) is 20.3 Å². The van der Waals surface area contributed by atoms with Gasteiger partial charge in [-0.2, -0.15) is 11.8 Å². The van der Waals surface area contributed by atoms with Gasteiger partial charge in [0.05, 0.1) is 11.7 Å². The lowest BCUT2D eigenvalue weighted by Crippen LogP contribution is -2.42. The van der Waals surface area contributed by atoms with Crippen molar-refractivity contribution in [2.45, 2.75) is 32.0 Å². The Morgan fingerprint density at radius 1 is 1.54 bits per heavy atom. The number of aliphatic hydroxyl groups excluding tert-OH is 1. The largest absolute Gasteiger partial charge is 0.392 e. The standard InChI is InChI=1S/C9H21NO2S/c1-4-8(11)5-10-6-9(2,12)7-13-3/h8,10-12H,4-7H2,1-3H3. The molecule has 0 rings (SSSR count). The predicted octanol–water partition coefficient (Wildman–Crippen LogP) is 0.461. The molecule has 0 aromatic heterocycles. The molecule has 3 nitrogen and oxygen atoms in total. The van der Waals surface area contributed by atoms with Gasteiger partial charge >= 0.3 is 0 Å². The molecule has 2 unspecified atom stereocenters. The van der Waals surface area contributed by atoms with Gasteiger partial charge in [-0.1, -0.05) is 6.92 Å². The fourth-order valence-corrected chi connectivity index (χ4v) is 1.74. The Bertz CT molecular complexity index is 131. The van der Waals surface area contributed by atoms with Gasteiger partial charge in [-0.3, -0.25) is 0 Å². The second-order valence-electron chi connectivity index (χ2n) is 3.62. The number of thioether (sulfide) groups is 1. The topological polar surface area (TPSA) is 52.5 Å². The zero-order valence-electron chi connectivity index (χ0n) is 8.71. The van der Waals surface area contributed by atoms with E-state index in [1.807, 2.05) is 13.2 Å². The summed E-state index contributed by atoms with van der Waals surface area (Å²) in [5, 5.41) is 22.0. The molecule has 2 atom stereocenters. The molecule has 0 spiro atoms. The maximum Gasteiger partial charge on any atom is 0.0833 e. The first-order valence-electron chi connectivity index (χ1n) is 4.62. The van der Waals surface area contributed by atoms with Gasteiger partial charge < -0.3 is 15.5 Å². The molecule has 3 N–H and O–H groups in total. The van der Waals surface area contributed by atoms with Crippen molar-refractivity contribution in [1.82, 2.24) is 5.32 Å². The van der Waals surface area contributed by atoms with E-state index in [1.54, 1.807) is 18.7 Å². The fraction of sp³-hybridized carbons (Fsp3) is 1.00. The van der Waals surface area contributed by atoms with Crippen molar-refractivity contribution in [3.05, 3.63) is 0 Å². The maximum atomic E-state index is 9.74. The van der Waals surface area contributed by atoms with E-state index in [0.717, 1.165) is 6.42 Å². The van der Waals surface area contributed by atoms with Crippen molar-refractivity contribution < 1.29 is 10.2 Å². The molecule has 0 aromatic carbocycles. The minimum atomic E-state index is -0.674. The van der Waals surface area contributed by atoms with E-state index in [0.29, 0.717) is 18.8 Å². The molecule has 0 aromatic rings. The Hall–Kier alpha value is 0.230. The van der Waals surface area contributed by atoms with Crippen molar-refractivity contribution in [2.75, 3.05) is 25.1 Å². The van der Waals surface area contributed by atoms with Crippen molar-refractivity contribution in [1.29, 1.82) is 0 Å². The van der Waals surface area contributed by atoms with Crippen LogP contribution < -0.4 is 5.32 Å². The molecule has 13 heavy (non-hydrogen) atoms. The summed E-state index contributed by atoms with van der Waals surface area (Å²) in [6, 6.07) is 0. The lowest BCUT2D eigenvalue weighted by Gasteiger charge is -2.23. The van der Waals surface area contributed by atoms with Crippen molar-refractivity contribution in [3.63, 3.8) is 0 Å². The van der Waals surface area contributed by atoms with E-state index >= 15 is 0 Å². The van der Waals surface area contributed by atoms with Gasteiger partial charge in [0.1, 0.15) is 0 Å². The van der Waals surface area contributed by atoms with Gasteiger partial charge in [0, 0.05) is 18.8 Å². The number of rotatable bonds is 7. The average Bonchev–Trinajstić information content (AvgIpc) is 2.03. The predicted molar refractivity (Wildman–Crippen MR) is 58.2 cm³/mol. The van der Waals surface area contributed by atoms with Crippen molar-refractivity contribution in [3.8, 4) is 0 Å². The molecule has 80 valence electrons. The first-order chi connectivity index (χ1) is 6.02. The smallest absolute Gasteiger partial charge is 0.0833 e. The molecular formula is C9H21NO2S. The first-order valence-corrected chi connectivity index (χ1v) is 6.01. The van der Waals surface area contributed by atoms with Crippen LogP contribution in [0.15, 0.2) is 0 Å². The second kappa shape index (κ2) is 6.65. The SMILES string of the molecule is CCC(O)CNCC(C)(O)CSC. The molecule has 0 aliphatic heterocycles. The van der Waals surface area contributed by atoms with Crippen LogP contribution in [0.4, 0.5) is 0 Å². The van der Waals surface area contributed by atoms with E-state index in [-0.39, 0.29) is 6.10 Å². The maximum absolute atomic E-state index is 9.74. The Labute approximate surface area is 84.9 Å². The summed E-state index contributed by atoms with van der Waals surface area (Å²) in [5.74, 6) is 0.711. The molecule has 4 heteroatoms. The molecule has 0 heterocycles. The highest BCUT2D eigenvalue weighted by atomic mass is 32.2. The summed E-state index contributed by atoms with van der Waals surface area (Å²) in [6.45, 7) is 4.83. The molecule has 0 fully saturated rings. The van der Waals surface area contributed by atoms with Crippen LogP contribution in [0.2, 0.25) is 0 Å². The number of hydrogen-bond acceptors (Lipinski definition) is 4. The van der Waals surface area contributed by atoms with Gasteiger partial charge in [-0.15, -0.1) is 0 Å². The van der Waals surface area contributed by atoms with E-state index in [4.69, 9.17) is 0 Å². The zero-order valence-corrected chi connectivity index (χ0v) is 9.52. The minimum absolute atomic E-state index is 0.301. The summed E-state index contributed by atoms with van der Waals surface area (Å²) in [4.78, 5) is 0. The molecule has 0 aliphatic rings. The minimum Gasteiger partial charge on any atom is -0.392 e. The third kappa shape index (κ3) is 7.31. The normalized spacial score (nSPS) is 18.2. The van der Waals surface area contributed by atoms with Gasteiger partial charge in [0.2, 0.25) is 0 Å². The average molecular weight is 207 g/mol. The molecule has 0 saturated carbocycles. The van der Waals surface area contributed by atoms with Crippen molar-refractivity contribution in [2.24, 2.45) is 0 Å². The molecule has 0 bridgehead atoms. The summed E-state index contributed by atoms with van der Waals surface area (Å²) in [7, 11) is 0. The van der Waals surface area contributed by atoms with E-state index in [2.05, 4.69) is 5.32 Å². The molecular weight excluding hydrogens is 186 g/mol. The van der Waals surface area contributed by atoms with Crippen LogP contribution in [-0.2, 0) is 0 Å². The number of aliphatic hydroxyl groups is 2. The van der Waals surface area contributed by atoms with E-state index in [9.17, 15) is 10.2 Å². The van der Waals surface area contributed by atoms with E-state index in [1.165, 1.54) is 0 Å². The Balaban J connectivity index is 3.50. The van der Waals surface area contributed by atoms with Crippen LogP contribution in [0.5, 0.6) is 0 Å². The second-order valence-corrected chi connectivity index (χ2v) is 4.49. The van der Waals surface area contributed by atoms with Crippen LogP contribution in [0, 0.1) is 0 Å². The zero-order chi connectivity index (χ0) is 10.3. The highest BCUT2D eigenvalue weighted by Gasteiger charge is 2.18. The van der Waals surface area contributed by atoms with Gasteiger partial charge in [0.15, 0.2) is 0 Å².